The molecule has 0 amide bonds. The summed E-state index contributed by atoms with van der Waals surface area (Å²) in [7, 11) is 0. The lowest BCUT2D eigenvalue weighted by Crippen LogP contribution is -2.37. The van der Waals surface area contributed by atoms with Gasteiger partial charge in [-0.25, -0.2) is 4.79 Å². The fourth-order valence-corrected chi connectivity index (χ4v) is 4.53. The molecule has 0 aliphatic heterocycles. The second kappa shape index (κ2) is 15.1. The highest BCUT2D eigenvalue weighted by Crippen LogP contribution is 2.37. The van der Waals surface area contributed by atoms with Crippen molar-refractivity contribution in [2.75, 3.05) is 33.0 Å². The Hall–Kier alpha value is -4.33. The van der Waals surface area contributed by atoms with Crippen LogP contribution in [0.1, 0.15) is 34.7 Å². The van der Waals surface area contributed by atoms with Crippen LogP contribution in [0.4, 0.5) is 0 Å². The van der Waals surface area contributed by atoms with E-state index in [-0.39, 0.29) is 38.6 Å². The third kappa shape index (κ3) is 7.90. The van der Waals surface area contributed by atoms with Crippen molar-refractivity contribution in [3.05, 3.63) is 155 Å². The summed E-state index contributed by atoms with van der Waals surface area (Å²) in [5, 5.41) is 20.4. The first-order valence-electron chi connectivity index (χ1n) is 13.8. The highest BCUT2D eigenvalue weighted by atomic mass is 16.7. The maximum absolute atomic E-state index is 12.5. The number of aliphatic hydroxyl groups is 2. The average Bonchev–Trinajstić information content (AvgIpc) is 3.03. The second-order valence-electron chi connectivity index (χ2n) is 9.77. The Bertz CT molecular complexity index is 1420. The molecule has 1 unspecified atom stereocenters. The van der Waals surface area contributed by atoms with Crippen LogP contribution in [-0.4, -0.2) is 49.2 Å². The molecular formula is C36H36O6. The number of carbonyl (C=O) groups excluding carboxylic acids is 1. The van der Waals surface area contributed by atoms with Gasteiger partial charge in [-0.05, 0) is 40.3 Å². The Labute approximate surface area is 247 Å². The molecule has 216 valence electrons. The molecule has 0 aliphatic carbocycles. The fraction of sp³-hybridized carbons (Fsp3) is 0.194. The molecule has 6 nitrogen and oxygen atoms in total. The molecule has 1 atom stereocenters. The van der Waals surface area contributed by atoms with Crippen molar-refractivity contribution in [1.82, 2.24) is 0 Å². The molecule has 0 aromatic heterocycles. The van der Waals surface area contributed by atoms with E-state index in [2.05, 4.69) is 43.0 Å². The van der Waals surface area contributed by atoms with Crippen molar-refractivity contribution in [2.45, 2.75) is 12.7 Å². The summed E-state index contributed by atoms with van der Waals surface area (Å²) in [6.45, 7) is 5.29. The molecule has 0 radical (unpaired) electrons. The van der Waals surface area contributed by atoms with Crippen molar-refractivity contribution >= 4 is 17.1 Å². The van der Waals surface area contributed by atoms with E-state index in [4.69, 9.17) is 19.3 Å². The minimum Gasteiger partial charge on any atom is -0.423 e. The largest absolute Gasteiger partial charge is 0.423 e. The molecule has 0 heterocycles. The lowest BCUT2D eigenvalue weighted by atomic mass is 9.85. The van der Waals surface area contributed by atoms with Gasteiger partial charge in [0.2, 0.25) is 0 Å². The highest BCUT2D eigenvalue weighted by molar-refractivity contribution is 6.04. The molecule has 2 N–H and O–H groups in total. The van der Waals surface area contributed by atoms with Crippen molar-refractivity contribution in [3.63, 3.8) is 0 Å². The predicted octanol–water partition coefficient (Wildman–Crippen LogP) is 5.98. The van der Waals surface area contributed by atoms with E-state index in [0.29, 0.717) is 5.56 Å². The molecule has 0 saturated carbocycles. The van der Waals surface area contributed by atoms with Gasteiger partial charge in [-0.2, -0.15) is 0 Å². The van der Waals surface area contributed by atoms with Gasteiger partial charge in [0, 0.05) is 11.1 Å². The first-order chi connectivity index (χ1) is 20.4. The predicted molar refractivity (Wildman–Crippen MR) is 164 cm³/mol. The van der Waals surface area contributed by atoms with Gasteiger partial charge < -0.3 is 24.4 Å². The zero-order valence-corrected chi connectivity index (χ0v) is 23.7. The number of hydrogen-bond acceptors (Lipinski definition) is 6. The first kappa shape index (κ1) is 30.6. The lowest BCUT2D eigenvalue weighted by molar-refractivity contribution is -0.233. The lowest BCUT2D eigenvalue weighted by Gasteiger charge is -2.28. The molecule has 0 aliphatic rings. The fourth-order valence-electron chi connectivity index (χ4n) is 4.53. The number of esters is 1. The Balaban J connectivity index is 1.78. The molecule has 0 saturated heterocycles. The van der Waals surface area contributed by atoms with Crippen molar-refractivity contribution < 1.29 is 29.2 Å². The summed E-state index contributed by atoms with van der Waals surface area (Å²) in [5.41, 5.74) is 6.66. The molecule has 0 spiro atoms. The van der Waals surface area contributed by atoms with Crippen LogP contribution in [0.3, 0.4) is 0 Å². The maximum atomic E-state index is 12.5. The highest BCUT2D eigenvalue weighted by Gasteiger charge is 2.35. The summed E-state index contributed by atoms with van der Waals surface area (Å²) < 4.78 is 16.3. The van der Waals surface area contributed by atoms with Crippen LogP contribution in [0, 0.1) is 0 Å². The molecule has 42 heavy (non-hydrogen) atoms. The third-order valence-electron chi connectivity index (χ3n) is 6.58. The normalized spacial score (nSPS) is 12.3. The van der Waals surface area contributed by atoms with E-state index in [1.54, 1.807) is 12.1 Å². The monoisotopic (exact) mass is 564 g/mol. The summed E-state index contributed by atoms with van der Waals surface area (Å²) in [6.07, 6.45) is 0. The molecule has 0 fully saturated rings. The van der Waals surface area contributed by atoms with Crippen LogP contribution in [0.5, 0.6) is 0 Å². The van der Waals surface area contributed by atoms with Crippen molar-refractivity contribution in [3.8, 4) is 0 Å². The standard InChI is InChI=1S/C36H36O6/c1-27(2)35(38)42-36(39,26-41-25-24-40-23-22-37)32-20-18-31(19-21-32)34(30-16-10-5-11-17-30)33(28-12-6-3-7-13-28)29-14-8-4-9-15-29/h3-21,37,39H,1,22-26H2,2H3. The van der Waals surface area contributed by atoms with Crippen LogP contribution in [0.2, 0.25) is 0 Å². The maximum Gasteiger partial charge on any atom is 0.335 e. The second-order valence-corrected chi connectivity index (χ2v) is 9.77. The number of carbonyl (C=O) groups is 1. The molecular weight excluding hydrogens is 528 g/mol. The smallest absolute Gasteiger partial charge is 0.335 e. The van der Waals surface area contributed by atoms with Gasteiger partial charge in [0.15, 0.2) is 0 Å². The summed E-state index contributed by atoms with van der Waals surface area (Å²) in [4.78, 5) is 12.5. The summed E-state index contributed by atoms with van der Waals surface area (Å²) in [5.74, 6) is -2.79. The minimum absolute atomic E-state index is 0.0951. The number of ether oxygens (including phenoxy) is 3. The van der Waals surface area contributed by atoms with Crippen LogP contribution >= 0.6 is 0 Å². The summed E-state index contributed by atoms with van der Waals surface area (Å²) in [6, 6.07) is 37.9. The number of hydrogen-bond donors (Lipinski definition) is 2. The van der Waals surface area contributed by atoms with Gasteiger partial charge in [-0.3, -0.25) is 0 Å². The number of rotatable bonds is 14. The van der Waals surface area contributed by atoms with Gasteiger partial charge in [0.25, 0.3) is 5.79 Å². The molecule has 0 bridgehead atoms. The van der Waals surface area contributed by atoms with Crippen molar-refractivity contribution in [1.29, 1.82) is 0 Å². The molecule has 6 heteroatoms. The number of aliphatic hydroxyl groups excluding tert-OH is 1. The molecule has 4 aromatic carbocycles. The average molecular weight is 565 g/mol. The van der Waals surface area contributed by atoms with Crippen molar-refractivity contribution in [2.24, 2.45) is 0 Å². The van der Waals surface area contributed by atoms with E-state index in [9.17, 15) is 9.90 Å². The molecule has 4 rings (SSSR count). The van der Waals surface area contributed by atoms with Crippen LogP contribution in [0.25, 0.3) is 11.1 Å². The molecule has 4 aromatic rings. The summed E-state index contributed by atoms with van der Waals surface area (Å²) >= 11 is 0. The van der Waals surface area contributed by atoms with Gasteiger partial charge >= 0.3 is 5.97 Å². The van der Waals surface area contributed by atoms with Crippen LogP contribution in [0.15, 0.2) is 127 Å². The minimum atomic E-state index is -2.05. The quantitative estimate of drug-likeness (QED) is 0.0644. The SMILES string of the molecule is C=C(C)C(=O)OC(O)(COCCOCCO)c1ccc(C(=C(c2ccccc2)c2ccccc2)c2ccccc2)cc1. The zero-order chi connectivity index (χ0) is 29.8. The number of benzene rings is 4. The van der Waals surface area contributed by atoms with E-state index >= 15 is 0 Å². The van der Waals surface area contributed by atoms with Crippen LogP contribution < -0.4 is 0 Å². The third-order valence-corrected chi connectivity index (χ3v) is 6.58. The topological polar surface area (TPSA) is 85.2 Å². The van der Waals surface area contributed by atoms with E-state index < -0.39 is 11.8 Å². The zero-order valence-electron chi connectivity index (χ0n) is 23.7. The van der Waals surface area contributed by atoms with E-state index in [1.165, 1.54) is 6.92 Å². The first-order valence-corrected chi connectivity index (χ1v) is 13.8. The van der Waals surface area contributed by atoms with Gasteiger partial charge in [-0.15, -0.1) is 0 Å². The van der Waals surface area contributed by atoms with Crippen LogP contribution in [-0.2, 0) is 24.8 Å². The van der Waals surface area contributed by atoms with Gasteiger partial charge in [-0.1, -0.05) is 122 Å². The Morgan fingerprint density at radius 1 is 0.667 bits per heavy atom. The van der Waals surface area contributed by atoms with Gasteiger partial charge in [0.05, 0.1) is 26.4 Å². The van der Waals surface area contributed by atoms with E-state index in [0.717, 1.165) is 33.4 Å². The van der Waals surface area contributed by atoms with Gasteiger partial charge in [0.1, 0.15) is 6.61 Å². The van der Waals surface area contributed by atoms with E-state index in [1.807, 2.05) is 66.7 Å². The Morgan fingerprint density at radius 2 is 1.10 bits per heavy atom. The Morgan fingerprint density at radius 3 is 1.52 bits per heavy atom. The Kier molecular flexibility index (Phi) is 11.0.